The highest BCUT2D eigenvalue weighted by molar-refractivity contribution is 5.75. The quantitative estimate of drug-likeness (QED) is 0.506. The monoisotopic (exact) mass is 231 g/mol. The average molecular weight is 231 g/mol. The standard InChI is InChI=1S/C13H17N3O/c1-4-9-6-10(7-16-13(14)15)12(17)11(5-2)8(9)3/h4-6,17H,2-3,7H2,1H3,(H4,14,15,16). The molecule has 0 radical (unpaired) electrons. The molecule has 17 heavy (non-hydrogen) atoms. The molecule has 0 heterocycles. The molecule has 5 N–H and O–H groups in total. The van der Waals surface area contributed by atoms with Crippen LogP contribution in [0.5, 0.6) is 5.75 Å². The molecule has 0 aliphatic rings. The van der Waals surface area contributed by atoms with Crippen molar-refractivity contribution in [3.8, 4) is 5.75 Å². The van der Waals surface area contributed by atoms with Gasteiger partial charge in [-0.15, -0.1) is 0 Å². The van der Waals surface area contributed by atoms with Crippen LogP contribution in [0.25, 0.3) is 18.7 Å². The zero-order valence-electron chi connectivity index (χ0n) is 9.90. The lowest BCUT2D eigenvalue weighted by molar-refractivity contribution is 0.466. The number of aliphatic imine (C=N–C) groups is 1. The van der Waals surface area contributed by atoms with Gasteiger partial charge in [-0.2, -0.15) is 0 Å². The third-order valence-electron chi connectivity index (χ3n) is 2.51. The molecule has 0 aromatic heterocycles. The van der Waals surface area contributed by atoms with E-state index in [1.807, 2.05) is 19.1 Å². The zero-order chi connectivity index (χ0) is 13.0. The lowest BCUT2D eigenvalue weighted by atomic mass is 10.0. The van der Waals surface area contributed by atoms with Gasteiger partial charge in [0.25, 0.3) is 0 Å². The first kappa shape index (κ1) is 12.8. The highest BCUT2D eigenvalue weighted by Gasteiger charge is 2.06. The van der Waals surface area contributed by atoms with E-state index in [-0.39, 0.29) is 18.3 Å². The Labute approximate surface area is 100 Å². The Hall–Kier alpha value is -2.23. The van der Waals surface area contributed by atoms with Crippen LogP contribution in [0.1, 0.15) is 18.1 Å². The van der Waals surface area contributed by atoms with Crippen LogP contribution < -0.4 is 21.9 Å². The van der Waals surface area contributed by atoms with E-state index < -0.39 is 0 Å². The topological polar surface area (TPSA) is 84.6 Å². The number of nitrogens with zero attached hydrogens (tertiary/aromatic N) is 1. The number of hydrogen-bond donors (Lipinski definition) is 3. The van der Waals surface area contributed by atoms with Crippen molar-refractivity contribution in [1.29, 1.82) is 0 Å². The summed E-state index contributed by atoms with van der Waals surface area (Å²) in [5.41, 5.74) is 11.8. The molecule has 0 spiro atoms. The Kier molecular flexibility index (Phi) is 3.93. The number of rotatable bonds is 3. The molecule has 1 aromatic carbocycles. The predicted octanol–water partition coefficient (Wildman–Crippen LogP) is 0.0193. The summed E-state index contributed by atoms with van der Waals surface area (Å²) in [6.07, 6.45) is 3.48. The third-order valence-corrected chi connectivity index (χ3v) is 2.51. The van der Waals surface area contributed by atoms with Crippen molar-refractivity contribution in [2.24, 2.45) is 16.5 Å². The molecule has 0 saturated carbocycles. The van der Waals surface area contributed by atoms with Crippen LogP contribution in [0, 0.1) is 0 Å². The lowest BCUT2D eigenvalue weighted by Gasteiger charge is -2.07. The molecule has 90 valence electrons. The summed E-state index contributed by atoms with van der Waals surface area (Å²) in [5.74, 6) is 0.117. The summed E-state index contributed by atoms with van der Waals surface area (Å²) in [4.78, 5) is 3.88. The first-order valence-corrected chi connectivity index (χ1v) is 5.19. The zero-order valence-corrected chi connectivity index (χ0v) is 9.90. The smallest absolute Gasteiger partial charge is 0.186 e. The van der Waals surface area contributed by atoms with Crippen molar-refractivity contribution in [3.63, 3.8) is 0 Å². The lowest BCUT2D eigenvalue weighted by Crippen LogP contribution is -2.27. The van der Waals surface area contributed by atoms with Crippen LogP contribution in [0.3, 0.4) is 0 Å². The van der Waals surface area contributed by atoms with E-state index in [1.54, 1.807) is 6.08 Å². The van der Waals surface area contributed by atoms with Gasteiger partial charge >= 0.3 is 0 Å². The molecule has 0 aliphatic carbocycles. The van der Waals surface area contributed by atoms with Crippen LogP contribution in [0.2, 0.25) is 0 Å². The first-order chi connectivity index (χ1) is 8.01. The molecule has 0 fully saturated rings. The third kappa shape index (κ3) is 2.66. The van der Waals surface area contributed by atoms with Gasteiger partial charge in [-0.05, 0) is 23.4 Å². The number of nitrogens with two attached hydrogens (primary N) is 2. The SMILES string of the molecule is C=Cc1c(O)c(CN=C(N)N)cc(=CC)c1=C. The number of phenols is 1. The number of hydrogen-bond acceptors (Lipinski definition) is 2. The Morgan fingerprint density at radius 1 is 1.53 bits per heavy atom. The van der Waals surface area contributed by atoms with Crippen molar-refractivity contribution in [2.45, 2.75) is 13.5 Å². The fraction of sp³-hybridized carbons (Fsp3) is 0.154. The molecule has 0 saturated heterocycles. The second-order valence-electron chi connectivity index (χ2n) is 3.60. The average Bonchev–Trinajstić information content (AvgIpc) is 2.28. The Morgan fingerprint density at radius 2 is 2.18 bits per heavy atom. The molecule has 0 amide bonds. The normalized spacial score (nSPS) is 11.2. The van der Waals surface area contributed by atoms with Crippen molar-refractivity contribution >= 4 is 24.7 Å². The van der Waals surface area contributed by atoms with Crippen molar-refractivity contribution in [3.05, 3.63) is 34.2 Å². The van der Waals surface area contributed by atoms with Gasteiger partial charge in [0.15, 0.2) is 5.96 Å². The second kappa shape index (κ2) is 5.21. The van der Waals surface area contributed by atoms with Crippen LogP contribution in [-0.4, -0.2) is 11.1 Å². The van der Waals surface area contributed by atoms with Gasteiger partial charge in [-0.25, -0.2) is 4.99 Å². The summed E-state index contributed by atoms with van der Waals surface area (Å²) >= 11 is 0. The second-order valence-corrected chi connectivity index (χ2v) is 3.60. The molecule has 1 aromatic rings. The van der Waals surface area contributed by atoms with E-state index in [4.69, 9.17) is 11.5 Å². The van der Waals surface area contributed by atoms with E-state index >= 15 is 0 Å². The van der Waals surface area contributed by atoms with Gasteiger partial charge in [0.1, 0.15) is 5.75 Å². The van der Waals surface area contributed by atoms with Gasteiger partial charge in [0, 0.05) is 11.1 Å². The minimum Gasteiger partial charge on any atom is -0.507 e. The Bertz CT molecular complexity index is 569. The van der Waals surface area contributed by atoms with Gasteiger partial charge < -0.3 is 16.6 Å². The van der Waals surface area contributed by atoms with Crippen LogP contribution in [0.4, 0.5) is 0 Å². The highest BCUT2D eigenvalue weighted by Crippen LogP contribution is 2.19. The fourth-order valence-corrected chi connectivity index (χ4v) is 1.59. The molecule has 0 aliphatic heterocycles. The molecular formula is C13H17N3O. The van der Waals surface area contributed by atoms with Gasteiger partial charge in [-0.1, -0.05) is 25.3 Å². The van der Waals surface area contributed by atoms with E-state index in [1.165, 1.54) is 0 Å². The summed E-state index contributed by atoms with van der Waals surface area (Å²) in [7, 11) is 0. The van der Waals surface area contributed by atoms with Crippen LogP contribution in [-0.2, 0) is 6.54 Å². The fourth-order valence-electron chi connectivity index (χ4n) is 1.59. The van der Waals surface area contributed by atoms with Crippen molar-refractivity contribution in [2.75, 3.05) is 0 Å². The maximum atomic E-state index is 10.0. The largest absolute Gasteiger partial charge is 0.507 e. The molecule has 4 heteroatoms. The minimum atomic E-state index is -0.00900. The summed E-state index contributed by atoms with van der Waals surface area (Å²) < 4.78 is 0. The Morgan fingerprint density at radius 3 is 2.65 bits per heavy atom. The summed E-state index contributed by atoms with van der Waals surface area (Å²) in [6.45, 7) is 9.71. The van der Waals surface area contributed by atoms with E-state index in [0.717, 1.165) is 10.4 Å². The maximum absolute atomic E-state index is 10.0. The van der Waals surface area contributed by atoms with Gasteiger partial charge in [-0.3, -0.25) is 0 Å². The van der Waals surface area contributed by atoms with E-state index in [0.29, 0.717) is 11.1 Å². The maximum Gasteiger partial charge on any atom is 0.186 e. The van der Waals surface area contributed by atoms with Gasteiger partial charge in [0.2, 0.25) is 0 Å². The van der Waals surface area contributed by atoms with Crippen LogP contribution in [0.15, 0.2) is 17.6 Å². The van der Waals surface area contributed by atoms with Crippen LogP contribution >= 0.6 is 0 Å². The molecular weight excluding hydrogens is 214 g/mol. The summed E-state index contributed by atoms with van der Waals surface area (Å²) in [5, 5.41) is 11.7. The van der Waals surface area contributed by atoms with Gasteiger partial charge in [0.05, 0.1) is 6.54 Å². The molecule has 0 unspecified atom stereocenters. The van der Waals surface area contributed by atoms with Crippen molar-refractivity contribution < 1.29 is 5.11 Å². The van der Waals surface area contributed by atoms with E-state index in [2.05, 4.69) is 18.2 Å². The predicted molar refractivity (Wildman–Crippen MR) is 72.6 cm³/mol. The molecule has 0 bridgehead atoms. The van der Waals surface area contributed by atoms with Crippen molar-refractivity contribution in [1.82, 2.24) is 0 Å². The van der Waals surface area contributed by atoms with E-state index in [9.17, 15) is 5.11 Å². The number of guanidine groups is 1. The summed E-state index contributed by atoms with van der Waals surface area (Å²) in [6, 6.07) is 1.82. The molecule has 0 atom stereocenters. The molecule has 1 rings (SSSR count). The number of benzene rings is 1. The Balaban J connectivity index is 3.48. The number of phenolic OH excluding ortho intramolecular Hbond substituents is 1. The molecule has 4 nitrogen and oxygen atoms in total. The number of aromatic hydroxyl groups is 1. The minimum absolute atomic E-state index is 0.00900. The first-order valence-electron chi connectivity index (χ1n) is 5.19. The highest BCUT2D eigenvalue weighted by atomic mass is 16.3.